The van der Waals surface area contributed by atoms with Crippen molar-refractivity contribution in [2.24, 2.45) is 11.8 Å². The Balaban J connectivity index is 0.000000543. The van der Waals surface area contributed by atoms with E-state index in [1.807, 2.05) is 50.2 Å². The Kier molecular flexibility index (Phi) is 17.6. The monoisotopic (exact) mass is 829 g/mol. The van der Waals surface area contributed by atoms with Crippen molar-refractivity contribution in [1.29, 1.82) is 0 Å². The first-order chi connectivity index (χ1) is 25.3. The molecule has 0 bridgehead atoms. The summed E-state index contributed by atoms with van der Waals surface area (Å²) in [6, 6.07) is 21.5. The van der Waals surface area contributed by atoms with E-state index >= 15 is 0 Å². The smallest absolute Gasteiger partial charge is 1.00 e. The number of rotatable bonds is 12. The standard InChI is InChI=1S/C21H23ClO5.C21H21ClO5.CH4.B.Na.H/c2*1-12(20(24)25)8-13-4-6-16(7-5-13)26-11-14-9-15(22)10-17-18(14)27-21(2,3)19(17)23;;;;/h4-7,9-10,12,19,23H,8,11H2,1-3H3,(H,24,25);4-7,9-10,12H,8,11H2,1-3H3,(H,24,25);1H4;;;/q;;;;+1;-1. The number of carbonyl (C=O) groups excluding carboxylic acids is 1. The number of aliphatic carboxylic acids is 2. The first-order valence-corrected chi connectivity index (χ1v) is 18.2. The van der Waals surface area contributed by atoms with Crippen molar-refractivity contribution in [3.63, 3.8) is 0 Å². The van der Waals surface area contributed by atoms with E-state index in [9.17, 15) is 19.5 Å². The van der Waals surface area contributed by atoms with Gasteiger partial charge in [-0.1, -0.05) is 68.7 Å². The second kappa shape index (κ2) is 20.3. The molecule has 3 N–H and O–H groups in total. The summed E-state index contributed by atoms with van der Waals surface area (Å²) in [6.45, 7) is 10.9. The molecule has 3 radical (unpaired) electrons. The molecule has 4 aromatic carbocycles. The molecule has 6 rings (SSSR count). The Morgan fingerprint density at radius 1 is 0.754 bits per heavy atom. The second-order valence-electron chi connectivity index (χ2n) is 14.7. The number of carboxylic acids is 2. The normalized spacial score (nSPS) is 16.2. The molecule has 10 nitrogen and oxygen atoms in total. The summed E-state index contributed by atoms with van der Waals surface area (Å²) in [5.74, 6) is -0.171. The predicted molar refractivity (Wildman–Crippen MR) is 218 cm³/mol. The Morgan fingerprint density at radius 3 is 1.61 bits per heavy atom. The van der Waals surface area contributed by atoms with Gasteiger partial charge in [0, 0.05) is 35.1 Å². The molecule has 2 aliphatic heterocycles. The largest absolute Gasteiger partial charge is 1.00 e. The number of aliphatic hydroxyl groups excluding tert-OH is 1. The minimum atomic E-state index is -0.912. The number of carboxylic acid groups (broad SMARTS) is 2. The number of hydrogen-bond donors (Lipinski definition) is 3. The molecule has 0 aliphatic carbocycles. The van der Waals surface area contributed by atoms with Gasteiger partial charge in [-0.3, -0.25) is 14.4 Å². The molecule has 4 aromatic rings. The zero-order valence-electron chi connectivity index (χ0n) is 33.5. The van der Waals surface area contributed by atoms with Crippen LogP contribution in [0.2, 0.25) is 10.0 Å². The van der Waals surface area contributed by atoms with E-state index in [0.717, 1.165) is 16.7 Å². The third-order valence-electron chi connectivity index (χ3n) is 9.32. The van der Waals surface area contributed by atoms with Crippen LogP contribution in [0.25, 0.3) is 0 Å². The van der Waals surface area contributed by atoms with Crippen LogP contribution < -0.4 is 48.5 Å². The summed E-state index contributed by atoms with van der Waals surface area (Å²) in [7, 11) is 0. The average molecular weight is 831 g/mol. The van der Waals surface area contributed by atoms with Crippen LogP contribution in [-0.4, -0.2) is 52.7 Å². The Bertz CT molecular complexity index is 2040. The maximum absolute atomic E-state index is 12.4. The third-order valence-corrected chi connectivity index (χ3v) is 9.76. The number of Topliss-reactive ketones (excluding diaryl/α,β-unsaturated/α-hetero) is 1. The summed E-state index contributed by atoms with van der Waals surface area (Å²) in [5, 5.41) is 29.4. The van der Waals surface area contributed by atoms with Crippen molar-refractivity contribution in [3.8, 4) is 23.0 Å². The maximum atomic E-state index is 12.4. The SMILES string of the molecule is C.CC(Cc1ccc(OCc2cc(Cl)cc3c2OC(C)(C)C3=O)cc1)C(=O)O.CC(Cc1ccc(OCc2cc(Cl)cc3c2OC(C)(C)C3O)cc1)C(=O)O.[B].[H-].[Na+]. The summed E-state index contributed by atoms with van der Waals surface area (Å²) < 4.78 is 23.4. The van der Waals surface area contributed by atoms with Crippen molar-refractivity contribution in [3.05, 3.63) is 116 Å². The topological polar surface area (TPSA) is 149 Å². The summed E-state index contributed by atoms with van der Waals surface area (Å²) in [4.78, 5) is 34.3. The van der Waals surface area contributed by atoms with E-state index in [0.29, 0.717) is 62.6 Å². The number of ether oxygens (including phenoxy) is 4. The number of benzene rings is 4. The molecular formula is C43H49BCl2NaO10. The summed E-state index contributed by atoms with van der Waals surface area (Å²) in [6.07, 6.45) is 0.182. The van der Waals surface area contributed by atoms with Crippen LogP contribution in [0, 0.1) is 11.8 Å². The molecule has 14 heteroatoms. The minimum absolute atomic E-state index is 0. The molecule has 0 aromatic heterocycles. The maximum Gasteiger partial charge on any atom is 1.00 e. The van der Waals surface area contributed by atoms with Crippen LogP contribution in [0.3, 0.4) is 0 Å². The van der Waals surface area contributed by atoms with E-state index < -0.39 is 41.1 Å². The number of fused-ring (bicyclic) bond motifs is 2. The van der Waals surface area contributed by atoms with Crippen LogP contribution >= 0.6 is 23.2 Å². The zero-order chi connectivity index (χ0) is 39.5. The van der Waals surface area contributed by atoms with E-state index in [4.69, 9.17) is 52.4 Å². The van der Waals surface area contributed by atoms with Crippen molar-refractivity contribution >= 4 is 49.3 Å². The number of hydrogen-bond acceptors (Lipinski definition) is 8. The fraction of sp³-hybridized carbons (Fsp3) is 0.372. The minimum Gasteiger partial charge on any atom is -1.00 e. The third kappa shape index (κ3) is 12.2. The zero-order valence-corrected chi connectivity index (χ0v) is 36.0. The molecule has 57 heavy (non-hydrogen) atoms. The van der Waals surface area contributed by atoms with E-state index in [1.165, 1.54) is 0 Å². The summed E-state index contributed by atoms with van der Waals surface area (Å²) in [5.41, 5.74) is 2.86. The molecule has 0 amide bonds. The quantitative estimate of drug-likeness (QED) is 0.139. The second-order valence-corrected chi connectivity index (χ2v) is 15.6. The number of carbonyl (C=O) groups is 3. The predicted octanol–water partition coefficient (Wildman–Crippen LogP) is 6.29. The van der Waals surface area contributed by atoms with Gasteiger partial charge in [0.15, 0.2) is 5.60 Å². The van der Waals surface area contributed by atoms with Crippen molar-refractivity contribution < 1.29 is 79.6 Å². The van der Waals surface area contributed by atoms with Crippen LogP contribution in [0.15, 0.2) is 72.8 Å². The van der Waals surface area contributed by atoms with Crippen LogP contribution in [0.1, 0.15) is 94.7 Å². The molecule has 0 saturated carbocycles. The van der Waals surface area contributed by atoms with Gasteiger partial charge in [0.05, 0.1) is 17.4 Å². The van der Waals surface area contributed by atoms with Crippen LogP contribution in [0.4, 0.5) is 0 Å². The van der Waals surface area contributed by atoms with E-state index in [1.54, 1.807) is 64.1 Å². The molecule has 0 saturated heterocycles. The van der Waals surface area contributed by atoms with Gasteiger partial charge in [0.25, 0.3) is 0 Å². The number of halogens is 2. The van der Waals surface area contributed by atoms with Gasteiger partial charge in [0.1, 0.15) is 47.9 Å². The van der Waals surface area contributed by atoms with E-state index in [2.05, 4.69) is 0 Å². The first kappa shape index (κ1) is 49.4. The molecule has 2 heterocycles. The van der Waals surface area contributed by atoms with E-state index in [-0.39, 0.29) is 65.8 Å². The fourth-order valence-corrected chi connectivity index (χ4v) is 6.61. The van der Waals surface area contributed by atoms with Gasteiger partial charge < -0.3 is 35.7 Å². The Hall–Kier alpha value is -3.71. The van der Waals surface area contributed by atoms with Gasteiger partial charge in [-0.25, -0.2) is 0 Å². The van der Waals surface area contributed by atoms with Crippen LogP contribution in [-0.2, 0) is 35.6 Å². The molecule has 2 aliphatic rings. The van der Waals surface area contributed by atoms with Crippen molar-refractivity contribution in [2.45, 2.75) is 92.3 Å². The van der Waals surface area contributed by atoms with Gasteiger partial charge in [-0.2, -0.15) is 0 Å². The number of aliphatic hydroxyl groups is 1. The van der Waals surface area contributed by atoms with Gasteiger partial charge in [0.2, 0.25) is 5.78 Å². The van der Waals surface area contributed by atoms with Crippen molar-refractivity contribution in [1.82, 2.24) is 0 Å². The van der Waals surface area contributed by atoms with Gasteiger partial charge in [-0.15, -0.1) is 0 Å². The molecule has 0 fully saturated rings. The Morgan fingerprint density at radius 2 is 1.18 bits per heavy atom. The van der Waals surface area contributed by atoms with Crippen molar-refractivity contribution in [2.75, 3.05) is 0 Å². The molecule has 0 spiro atoms. The average Bonchev–Trinajstić information content (AvgIpc) is 3.49. The number of ketones is 1. The van der Waals surface area contributed by atoms with Gasteiger partial charge in [-0.05, 0) is 100 Å². The van der Waals surface area contributed by atoms with Gasteiger partial charge >= 0.3 is 41.5 Å². The Labute approximate surface area is 370 Å². The molecule has 3 unspecified atom stereocenters. The van der Waals surface area contributed by atoms with Crippen LogP contribution in [0.5, 0.6) is 23.0 Å². The molecular weight excluding hydrogens is 781 g/mol. The molecule has 3 atom stereocenters. The first-order valence-electron chi connectivity index (χ1n) is 17.5. The molecule has 299 valence electrons. The fourth-order valence-electron chi connectivity index (χ4n) is 6.12. The summed E-state index contributed by atoms with van der Waals surface area (Å²) >= 11 is 12.3.